The number of rotatable bonds is 8. The third kappa shape index (κ3) is 5.21. The lowest BCUT2D eigenvalue weighted by Crippen LogP contribution is -2.45. The van der Waals surface area contributed by atoms with Crippen molar-refractivity contribution in [2.45, 2.75) is 33.1 Å². The molecule has 3 N–H and O–H groups in total. The highest BCUT2D eigenvalue weighted by molar-refractivity contribution is 5.85. The van der Waals surface area contributed by atoms with Gasteiger partial charge in [-0.25, -0.2) is 0 Å². The van der Waals surface area contributed by atoms with Crippen LogP contribution in [0.1, 0.15) is 32.3 Å². The molecule has 0 atom stereocenters. The van der Waals surface area contributed by atoms with Crippen LogP contribution in [0.2, 0.25) is 0 Å². The zero-order valence-corrected chi connectivity index (χ0v) is 14.0. The van der Waals surface area contributed by atoms with Crippen molar-refractivity contribution in [3.63, 3.8) is 0 Å². The molecule has 0 heterocycles. The van der Waals surface area contributed by atoms with E-state index in [0.29, 0.717) is 13.1 Å². The number of halogens is 1. The van der Waals surface area contributed by atoms with Crippen molar-refractivity contribution < 1.29 is 9.53 Å². The first-order valence-electron chi connectivity index (χ1n) is 7.23. The van der Waals surface area contributed by atoms with E-state index in [2.05, 4.69) is 5.32 Å². The van der Waals surface area contributed by atoms with Crippen molar-refractivity contribution in [2.75, 3.05) is 20.2 Å². The second kappa shape index (κ2) is 9.64. The first-order chi connectivity index (χ1) is 9.61. The molecule has 5 heteroatoms. The lowest BCUT2D eigenvalue weighted by Gasteiger charge is -2.28. The third-order valence-corrected chi connectivity index (χ3v) is 4.08. The Kier molecular flexibility index (Phi) is 9.06. The highest BCUT2D eigenvalue weighted by Gasteiger charge is 2.32. The van der Waals surface area contributed by atoms with Gasteiger partial charge in [0.15, 0.2) is 0 Å². The van der Waals surface area contributed by atoms with E-state index in [-0.39, 0.29) is 18.3 Å². The largest absolute Gasteiger partial charge is 0.497 e. The van der Waals surface area contributed by atoms with Crippen LogP contribution in [0.4, 0.5) is 0 Å². The standard InChI is InChI=1S/C16H26N2O2.ClH/c1-4-16(5-2,12-17)15(19)18-11-10-13-6-8-14(20-3)9-7-13;/h6-9H,4-5,10-12,17H2,1-3H3,(H,18,19);1H. The maximum absolute atomic E-state index is 12.2. The Labute approximate surface area is 133 Å². The molecule has 1 rings (SSSR count). The Bertz CT molecular complexity index is 409. The topological polar surface area (TPSA) is 64.4 Å². The summed E-state index contributed by atoms with van der Waals surface area (Å²) in [6, 6.07) is 7.89. The van der Waals surface area contributed by atoms with Gasteiger partial charge in [-0.05, 0) is 37.0 Å². The second-order valence-electron chi connectivity index (χ2n) is 5.05. The molecule has 1 aromatic carbocycles. The fourth-order valence-electron chi connectivity index (χ4n) is 2.25. The maximum atomic E-state index is 12.2. The van der Waals surface area contributed by atoms with Gasteiger partial charge in [0.25, 0.3) is 0 Å². The van der Waals surface area contributed by atoms with Crippen LogP contribution in [-0.2, 0) is 11.2 Å². The van der Waals surface area contributed by atoms with Crippen LogP contribution in [0.25, 0.3) is 0 Å². The predicted octanol–water partition coefficient (Wildman–Crippen LogP) is 2.54. The van der Waals surface area contributed by atoms with Crippen LogP contribution in [0.5, 0.6) is 5.75 Å². The van der Waals surface area contributed by atoms with Gasteiger partial charge >= 0.3 is 0 Å². The molecule has 0 radical (unpaired) electrons. The SMILES string of the molecule is CCC(CC)(CN)C(=O)NCCc1ccc(OC)cc1.Cl. The van der Waals surface area contributed by atoms with E-state index in [1.807, 2.05) is 38.1 Å². The Morgan fingerprint density at radius 1 is 1.24 bits per heavy atom. The van der Waals surface area contributed by atoms with Crippen LogP contribution in [0.3, 0.4) is 0 Å². The van der Waals surface area contributed by atoms with E-state index in [4.69, 9.17) is 10.5 Å². The number of carbonyl (C=O) groups excluding carboxylic acids is 1. The number of nitrogens with two attached hydrogens (primary N) is 1. The summed E-state index contributed by atoms with van der Waals surface area (Å²) in [5, 5.41) is 3.00. The minimum atomic E-state index is -0.417. The monoisotopic (exact) mass is 314 g/mol. The summed E-state index contributed by atoms with van der Waals surface area (Å²) in [5.41, 5.74) is 6.53. The van der Waals surface area contributed by atoms with Gasteiger partial charge in [0.2, 0.25) is 5.91 Å². The summed E-state index contributed by atoms with van der Waals surface area (Å²) in [5.74, 6) is 0.912. The molecule has 0 fully saturated rings. The van der Waals surface area contributed by atoms with Crippen molar-refractivity contribution in [1.82, 2.24) is 5.32 Å². The number of methoxy groups -OCH3 is 1. The summed E-state index contributed by atoms with van der Waals surface area (Å²) < 4.78 is 5.12. The normalized spacial score (nSPS) is 10.7. The average molecular weight is 315 g/mol. The molecule has 4 nitrogen and oxygen atoms in total. The van der Waals surface area contributed by atoms with Crippen molar-refractivity contribution >= 4 is 18.3 Å². The molecule has 0 aliphatic carbocycles. The van der Waals surface area contributed by atoms with E-state index in [1.54, 1.807) is 7.11 Å². The molecule has 0 saturated heterocycles. The minimum Gasteiger partial charge on any atom is -0.497 e. The number of amides is 1. The molecule has 0 saturated carbocycles. The maximum Gasteiger partial charge on any atom is 0.227 e. The third-order valence-electron chi connectivity index (χ3n) is 4.08. The number of hydrogen-bond acceptors (Lipinski definition) is 3. The zero-order chi connectivity index (χ0) is 15.0. The van der Waals surface area contributed by atoms with E-state index in [0.717, 1.165) is 25.0 Å². The number of benzene rings is 1. The Morgan fingerprint density at radius 3 is 2.24 bits per heavy atom. The van der Waals surface area contributed by atoms with Gasteiger partial charge in [-0.3, -0.25) is 4.79 Å². The minimum absolute atomic E-state index is 0. The van der Waals surface area contributed by atoms with Crippen molar-refractivity contribution in [1.29, 1.82) is 0 Å². The van der Waals surface area contributed by atoms with Gasteiger partial charge in [-0.15, -0.1) is 12.4 Å². The summed E-state index contributed by atoms with van der Waals surface area (Å²) in [6.07, 6.45) is 2.35. The molecule has 1 aromatic rings. The van der Waals surface area contributed by atoms with E-state index < -0.39 is 5.41 Å². The van der Waals surface area contributed by atoms with Crippen LogP contribution in [0.15, 0.2) is 24.3 Å². The van der Waals surface area contributed by atoms with Crippen LogP contribution in [0, 0.1) is 5.41 Å². The molecular weight excluding hydrogens is 288 g/mol. The summed E-state index contributed by atoms with van der Waals surface area (Å²) in [7, 11) is 1.65. The highest BCUT2D eigenvalue weighted by Crippen LogP contribution is 2.24. The molecule has 120 valence electrons. The molecule has 0 unspecified atom stereocenters. The van der Waals surface area contributed by atoms with Crippen LogP contribution < -0.4 is 15.8 Å². The summed E-state index contributed by atoms with van der Waals surface area (Å²) in [6.45, 7) is 5.06. The number of ether oxygens (including phenoxy) is 1. The van der Waals surface area contributed by atoms with E-state index in [9.17, 15) is 4.79 Å². The van der Waals surface area contributed by atoms with Gasteiger partial charge in [-0.1, -0.05) is 26.0 Å². The second-order valence-corrected chi connectivity index (χ2v) is 5.05. The number of nitrogens with one attached hydrogen (secondary N) is 1. The molecule has 0 spiro atoms. The zero-order valence-electron chi connectivity index (χ0n) is 13.1. The molecule has 0 aromatic heterocycles. The highest BCUT2D eigenvalue weighted by atomic mass is 35.5. The van der Waals surface area contributed by atoms with E-state index in [1.165, 1.54) is 5.56 Å². The first-order valence-corrected chi connectivity index (χ1v) is 7.23. The Balaban J connectivity index is 0.00000400. The van der Waals surface area contributed by atoms with Crippen LogP contribution in [-0.4, -0.2) is 26.1 Å². The molecule has 0 aliphatic rings. The molecule has 21 heavy (non-hydrogen) atoms. The number of hydrogen-bond donors (Lipinski definition) is 2. The summed E-state index contributed by atoms with van der Waals surface area (Å²) in [4.78, 5) is 12.2. The smallest absolute Gasteiger partial charge is 0.227 e. The molecule has 0 aliphatic heterocycles. The molecular formula is C16H27ClN2O2. The first kappa shape index (κ1) is 19.7. The van der Waals surface area contributed by atoms with Gasteiger partial charge in [0.05, 0.1) is 12.5 Å². The quantitative estimate of drug-likeness (QED) is 0.775. The van der Waals surface area contributed by atoms with Crippen LogP contribution >= 0.6 is 12.4 Å². The number of carbonyl (C=O) groups is 1. The van der Waals surface area contributed by atoms with Gasteiger partial charge in [-0.2, -0.15) is 0 Å². The lowest BCUT2D eigenvalue weighted by molar-refractivity contribution is -0.131. The Morgan fingerprint density at radius 2 is 1.81 bits per heavy atom. The van der Waals surface area contributed by atoms with Crippen molar-refractivity contribution in [3.05, 3.63) is 29.8 Å². The van der Waals surface area contributed by atoms with E-state index >= 15 is 0 Å². The average Bonchev–Trinajstić information content (AvgIpc) is 2.50. The molecule has 1 amide bonds. The lowest BCUT2D eigenvalue weighted by atomic mass is 9.81. The van der Waals surface area contributed by atoms with Gasteiger partial charge < -0.3 is 15.8 Å². The fourth-order valence-corrected chi connectivity index (χ4v) is 2.25. The van der Waals surface area contributed by atoms with Gasteiger partial charge in [0, 0.05) is 13.1 Å². The Hall–Kier alpha value is -1.26. The predicted molar refractivity (Wildman–Crippen MR) is 89.0 cm³/mol. The molecule has 0 bridgehead atoms. The van der Waals surface area contributed by atoms with Crippen molar-refractivity contribution in [3.8, 4) is 5.75 Å². The van der Waals surface area contributed by atoms with Gasteiger partial charge in [0.1, 0.15) is 5.75 Å². The van der Waals surface area contributed by atoms with Crippen molar-refractivity contribution in [2.24, 2.45) is 11.1 Å². The summed E-state index contributed by atoms with van der Waals surface area (Å²) >= 11 is 0. The fraction of sp³-hybridized carbons (Fsp3) is 0.562.